The van der Waals surface area contributed by atoms with Crippen molar-refractivity contribution in [1.82, 2.24) is 10.2 Å². The number of halogens is 1. The minimum absolute atomic E-state index is 0.125. The summed E-state index contributed by atoms with van der Waals surface area (Å²) in [5.41, 5.74) is 1.69. The van der Waals surface area contributed by atoms with E-state index in [-0.39, 0.29) is 5.82 Å². The lowest BCUT2D eigenvalue weighted by molar-refractivity contribution is 0.199. The number of hydrogen-bond acceptors (Lipinski definition) is 4. The second-order valence-electron chi connectivity index (χ2n) is 5.81. The third-order valence-corrected chi connectivity index (χ3v) is 4.06. The number of hydrogen-bond donors (Lipinski definition) is 1. The van der Waals surface area contributed by atoms with Crippen LogP contribution in [-0.2, 0) is 11.3 Å². The fourth-order valence-corrected chi connectivity index (χ4v) is 2.71. The summed E-state index contributed by atoms with van der Waals surface area (Å²) in [5, 5.41) is 3.23. The van der Waals surface area contributed by atoms with Crippen molar-refractivity contribution >= 4 is 5.69 Å². The van der Waals surface area contributed by atoms with Crippen LogP contribution in [0.1, 0.15) is 12.0 Å². The Labute approximate surface area is 126 Å². The molecule has 0 bridgehead atoms. The highest BCUT2D eigenvalue weighted by Gasteiger charge is 2.25. The Morgan fingerprint density at radius 3 is 2.86 bits per heavy atom. The van der Waals surface area contributed by atoms with Crippen LogP contribution in [0.3, 0.4) is 0 Å². The van der Waals surface area contributed by atoms with E-state index < -0.39 is 0 Å². The summed E-state index contributed by atoms with van der Waals surface area (Å²) in [4.78, 5) is 4.36. The van der Waals surface area contributed by atoms with E-state index >= 15 is 0 Å². The van der Waals surface area contributed by atoms with Crippen LogP contribution in [0.2, 0.25) is 0 Å². The number of benzene rings is 1. The average Bonchev–Trinajstić information content (AvgIpc) is 2.93. The van der Waals surface area contributed by atoms with E-state index in [1.807, 2.05) is 12.1 Å². The summed E-state index contributed by atoms with van der Waals surface area (Å²) >= 11 is 0. The molecule has 1 N–H and O–H groups in total. The molecule has 0 radical (unpaired) electrons. The Morgan fingerprint density at radius 2 is 2.24 bits per heavy atom. The second-order valence-corrected chi connectivity index (χ2v) is 5.81. The predicted octanol–water partition coefficient (Wildman–Crippen LogP) is 1.70. The van der Waals surface area contributed by atoms with Gasteiger partial charge in [-0.3, -0.25) is 0 Å². The van der Waals surface area contributed by atoms with Gasteiger partial charge in [0.05, 0.1) is 12.3 Å². The van der Waals surface area contributed by atoms with Gasteiger partial charge in [0, 0.05) is 39.3 Å². The number of rotatable bonds is 7. The van der Waals surface area contributed by atoms with E-state index in [4.69, 9.17) is 4.74 Å². The average molecular weight is 295 g/mol. The van der Waals surface area contributed by atoms with Crippen LogP contribution in [-0.4, -0.2) is 58.4 Å². The Hall–Kier alpha value is -1.17. The van der Waals surface area contributed by atoms with Gasteiger partial charge in [-0.15, -0.1) is 0 Å². The number of nitrogens with zero attached hydrogens (tertiary/aromatic N) is 2. The van der Waals surface area contributed by atoms with Crippen molar-refractivity contribution in [2.75, 3.05) is 52.3 Å². The van der Waals surface area contributed by atoms with Gasteiger partial charge >= 0.3 is 0 Å². The lowest BCUT2D eigenvalue weighted by Crippen LogP contribution is -2.31. The zero-order valence-corrected chi connectivity index (χ0v) is 13.2. The molecule has 1 aromatic rings. The fourth-order valence-electron chi connectivity index (χ4n) is 2.71. The molecule has 1 fully saturated rings. The van der Waals surface area contributed by atoms with E-state index in [2.05, 4.69) is 29.2 Å². The number of anilines is 1. The summed E-state index contributed by atoms with van der Waals surface area (Å²) in [5.74, 6) is -0.125. The van der Waals surface area contributed by atoms with E-state index in [9.17, 15) is 4.39 Å². The molecule has 0 saturated carbocycles. The zero-order chi connectivity index (χ0) is 15.2. The molecule has 4 nitrogen and oxygen atoms in total. The third-order valence-electron chi connectivity index (χ3n) is 4.06. The van der Waals surface area contributed by atoms with Crippen LogP contribution in [0, 0.1) is 5.82 Å². The van der Waals surface area contributed by atoms with Crippen LogP contribution in [0.4, 0.5) is 10.1 Å². The van der Waals surface area contributed by atoms with E-state index in [1.54, 1.807) is 13.2 Å². The number of ether oxygens (including phenoxy) is 1. The Balaban J connectivity index is 1.93. The molecule has 1 aromatic carbocycles. The highest BCUT2D eigenvalue weighted by Crippen LogP contribution is 2.25. The summed E-state index contributed by atoms with van der Waals surface area (Å²) in [6.07, 6.45) is 1.09. The molecule has 2 rings (SSSR count). The van der Waals surface area contributed by atoms with Crippen molar-refractivity contribution in [3.8, 4) is 0 Å². The maximum absolute atomic E-state index is 14.3. The van der Waals surface area contributed by atoms with Gasteiger partial charge in [0.2, 0.25) is 0 Å². The van der Waals surface area contributed by atoms with Gasteiger partial charge in [0.15, 0.2) is 0 Å². The maximum Gasteiger partial charge on any atom is 0.146 e. The molecule has 1 atom stereocenters. The van der Waals surface area contributed by atoms with Crippen molar-refractivity contribution in [2.45, 2.75) is 19.0 Å². The molecule has 0 aliphatic carbocycles. The van der Waals surface area contributed by atoms with Crippen LogP contribution >= 0.6 is 0 Å². The normalized spacial score (nSPS) is 18.7. The third kappa shape index (κ3) is 4.40. The molecular formula is C16H26FN3O. The molecule has 1 saturated heterocycles. The fraction of sp³-hybridized carbons (Fsp3) is 0.625. The minimum Gasteiger partial charge on any atom is -0.383 e. The molecule has 118 valence electrons. The highest BCUT2D eigenvalue weighted by atomic mass is 19.1. The summed E-state index contributed by atoms with van der Waals surface area (Å²) in [6.45, 7) is 3.93. The minimum atomic E-state index is -0.125. The molecule has 0 spiro atoms. The van der Waals surface area contributed by atoms with Crippen molar-refractivity contribution in [3.05, 3.63) is 29.6 Å². The Kier molecular flexibility index (Phi) is 5.96. The maximum atomic E-state index is 14.3. The number of methoxy groups -OCH3 is 1. The topological polar surface area (TPSA) is 27.7 Å². The first-order valence-electron chi connectivity index (χ1n) is 7.51. The van der Waals surface area contributed by atoms with Crippen molar-refractivity contribution in [2.24, 2.45) is 0 Å². The van der Waals surface area contributed by atoms with Crippen LogP contribution < -0.4 is 10.2 Å². The molecule has 1 aliphatic heterocycles. The Morgan fingerprint density at radius 1 is 1.43 bits per heavy atom. The van der Waals surface area contributed by atoms with Gasteiger partial charge < -0.3 is 19.9 Å². The largest absolute Gasteiger partial charge is 0.383 e. The summed E-state index contributed by atoms with van der Waals surface area (Å²) < 4.78 is 19.3. The molecule has 0 amide bonds. The van der Waals surface area contributed by atoms with Gasteiger partial charge in [-0.05, 0) is 38.2 Å². The summed E-state index contributed by atoms with van der Waals surface area (Å²) in [6, 6.07) is 6.06. The molecule has 21 heavy (non-hydrogen) atoms. The van der Waals surface area contributed by atoms with Crippen LogP contribution in [0.15, 0.2) is 18.2 Å². The molecule has 0 aromatic heterocycles. The monoisotopic (exact) mass is 295 g/mol. The van der Waals surface area contributed by atoms with E-state index in [0.717, 1.165) is 37.3 Å². The first-order chi connectivity index (χ1) is 10.1. The van der Waals surface area contributed by atoms with Crippen molar-refractivity contribution < 1.29 is 9.13 Å². The van der Waals surface area contributed by atoms with E-state index in [0.29, 0.717) is 19.2 Å². The SMILES string of the molecule is COCCNCc1ccc(N2CCC(N(C)C)C2)c(F)c1. The zero-order valence-electron chi connectivity index (χ0n) is 13.2. The van der Waals surface area contributed by atoms with Crippen LogP contribution in [0.25, 0.3) is 0 Å². The van der Waals surface area contributed by atoms with Crippen molar-refractivity contribution in [3.63, 3.8) is 0 Å². The molecule has 5 heteroatoms. The lowest BCUT2D eigenvalue weighted by Gasteiger charge is -2.22. The second kappa shape index (κ2) is 7.73. The van der Waals surface area contributed by atoms with Gasteiger partial charge in [0.1, 0.15) is 5.82 Å². The van der Waals surface area contributed by atoms with Crippen LogP contribution in [0.5, 0.6) is 0 Å². The quantitative estimate of drug-likeness (QED) is 0.775. The van der Waals surface area contributed by atoms with Crippen molar-refractivity contribution in [1.29, 1.82) is 0 Å². The molecular weight excluding hydrogens is 269 g/mol. The summed E-state index contributed by atoms with van der Waals surface area (Å²) in [7, 11) is 5.84. The number of likely N-dealkylation sites (N-methyl/N-ethyl adjacent to an activating group) is 1. The number of nitrogens with one attached hydrogen (secondary N) is 1. The first kappa shape index (κ1) is 16.2. The van der Waals surface area contributed by atoms with Gasteiger partial charge in [-0.1, -0.05) is 6.07 Å². The lowest BCUT2D eigenvalue weighted by atomic mass is 10.2. The molecule has 1 unspecified atom stereocenters. The van der Waals surface area contributed by atoms with E-state index in [1.165, 1.54) is 0 Å². The van der Waals surface area contributed by atoms with Gasteiger partial charge in [-0.2, -0.15) is 0 Å². The smallest absolute Gasteiger partial charge is 0.146 e. The van der Waals surface area contributed by atoms with Gasteiger partial charge in [-0.25, -0.2) is 4.39 Å². The first-order valence-corrected chi connectivity index (χ1v) is 7.51. The molecule has 1 heterocycles. The highest BCUT2D eigenvalue weighted by molar-refractivity contribution is 5.50. The standard InChI is InChI=1S/C16H26FN3O/c1-19(2)14-6-8-20(12-14)16-5-4-13(10-15(16)17)11-18-7-9-21-3/h4-5,10,14,18H,6-9,11-12H2,1-3H3. The Bertz CT molecular complexity index is 453. The predicted molar refractivity (Wildman–Crippen MR) is 84.3 cm³/mol. The van der Waals surface area contributed by atoms with Gasteiger partial charge in [0.25, 0.3) is 0 Å². The molecule has 1 aliphatic rings.